The lowest BCUT2D eigenvalue weighted by Crippen LogP contribution is -2.53. The molecule has 0 saturated heterocycles. The van der Waals surface area contributed by atoms with Gasteiger partial charge in [0.25, 0.3) is 0 Å². The van der Waals surface area contributed by atoms with Crippen LogP contribution >= 0.6 is 0 Å². The first-order chi connectivity index (χ1) is 23.7. The van der Waals surface area contributed by atoms with Gasteiger partial charge in [0.15, 0.2) is 6.10 Å². The summed E-state index contributed by atoms with van der Waals surface area (Å²) in [5.74, 6) is -0.608. The minimum absolute atomic E-state index is 0.0213. The van der Waals surface area contributed by atoms with E-state index in [-0.39, 0.29) is 25.4 Å². The van der Waals surface area contributed by atoms with Crippen molar-refractivity contribution in [3.05, 3.63) is 119 Å². The molecule has 2 aliphatic carbocycles. The Morgan fingerprint density at radius 2 is 1.24 bits per heavy atom. The number of nitrogens with zero attached hydrogens (tertiary/aromatic N) is 1. The maximum absolute atomic E-state index is 13.8. The van der Waals surface area contributed by atoms with Crippen LogP contribution in [0.1, 0.15) is 54.5 Å². The van der Waals surface area contributed by atoms with Crippen LogP contribution in [0, 0.1) is 5.92 Å². The lowest BCUT2D eigenvalue weighted by Gasteiger charge is -2.28. The molecule has 254 valence electrons. The predicted octanol–water partition coefficient (Wildman–Crippen LogP) is 6.48. The molecule has 0 radical (unpaired) electrons. The van der Waals surface area contributed by atoms with Gasteiger partial charge in [0, 0.05) is 13.0 Å². The Labute approximate surface area is 288 Å². The third-order valence-corrected chi connectivity index (χ3v) is 9.20. The number of hydrogen-bond donors (Lipinski definition) is 2. The first-order valence-corrected chi connectivity index (χ1v) is 17.3. The van der Waals surface area contributed by atoms with Crippen molar-refractivity contribution >= 4 is 18.0 Å². The number of carbonyl (C=O) groups is 3. The van der Waals surface area contributed by atoms with Gasteiger partial charge in [-0.25, -0.2) is 14.4 Å². The van der Waals surface area contributed by atoms with Crippen molar-refractivity contribution in [3.8, 4) is 22.6 Å². The van der Waals surface area contributed by atoms with Crippen molar-refractivity contribution in [2.24, 2.45) is 5.92 Å². The molecule has 8 nitrogen and oxygen atoms in total. The number of ether oxygens (including phenoxy) is 2. The minimum Gasteiger partial charge on any atom is -0.425 e. The SMILES string of the molecule is CC(C)CN(CC(O)C(=O)Oc1ccc2c(c1)CCC2)C(=O)N[C@@H](Cc1ccc(-c2ccccc2)cc1)C(=O)Oc1ccc2c(c1)CCC2. The van der Waals surface area contributed by atoms with Crippen molar-refractivity contribution in [2.45, 2.75) is 70.9 Å². The summed E-state index contributed by atoms with van der Waals surface area (Å²) in [5.41, 5.74) is 7.78. The monoisotopic (exact) mass is 660 g/mol. The van der Waals surface area contributed by atoms with Gasteiger partial charge in [0.2, 0.25) is 0 Å². The number of amides is 2. The number of hydrogen-bond acceptors (Lipinski definition) is 6. The minimum atomic E-state index is -1.58. The molecule has 0 spiro atoms. The third-order valence-electron chi connectivity index (χ3n) is 9.20. The summed E-state index contributed by atoms with van der Waals surface area (Å²) >= 11 is 0. The molecule has 1 unspecified atom stereocenters. The van der Waals surface area contributed by atoms with Crippen LogP contribution in [0.5, 0.6) is 11.5 Å². The Kier molecular flexibility index (Phi) is 10.7. The maximum atomic E-state index is 13.8. The summed E-state index contributed by atoms with van der Waals surface area (Å²) in [7, 11) is 0. The Hall–Kier alpha value is -4.95. The van der Waals surface area contributed by atoms with E-state index < -0.39 is 30.1 Å². The molecule has 2 aliphatic rings. The van der Waals surface area contributed by atoms with Crippen LogP contribution in [0.4, 0.5) is 4.79 Å². The van der Waals surface area contributed by atoms with Crippen LogP contribution in [0.25, 0.3) is 11.1 Å². The molecule has 0 aromatic heterocycles. The van der Waals surface area contributed by atoms with E-state index in [1.165, 1.54) is 21.6 Å². The molecule has 0 bridgehead atoms. The van der Waals surface area contributed by atoms with E-state index >= 15 is 0 Å². The Bertz CT molecular complexity index is 1790. The molecule has 2 N–H and O–H groups in total. The first kappa shape index (κ1) is 33.9. The van der Waals surface area contributed by atoms with E-state index in [9.17, 15) is 19.5 Å². The topological polar surface area (TPSA) is 105 Å². The number of urea groups is 1. The molecule has 8 heteroatoms. The van der Waals surface area contributed by atoms with E-state index in [0.717, 1.165) is 60.8 Å². The van der Waals surface area contributed by atoms with E-state index in [1.54, 1.807) is 12.1 Å². The first-order valence-electron chi connectivity index (χ1n) is 17.3. The second-order valence-corrected chi connectivity index (χ2v) is 13.5. The fraction of sp³-hybridized carbons (Fsp3) is 0.341. The smallest absolute Gasteiger partial charge is 0.342 e. The lowest BCUT2D eigenvalue weighted by atomic mass is 10.0. The molecule has 0 aliphatic heterocycles. The molecule has 4 aromatic carbocycles. The number of nitrogens with one attached hydrogen (secondary N) is 1. The summed E-state index contributed by atoms with van der Waals surface area (Å²) < 4.78 is 11.4. The summed E-state index contributed by atoms with van der Waals surface area (Å²) in [4.78, 5) is 41.8. The average molecular weight is 661 g/mol. The van der Waals surface area contributed by atoms with Crippen molar-refractivity contribution in [1.29, 1.82) is 0 Å². The molecule has 2 atom stereocenters. The second-order valence-electron chi connectivity index (χ2n) is 13.5. The standard InChI is InChI=1S/C41H44N2O6/c1-27(2)25-43(26-38(44)40(46)49-36-21-19-31-11-7-13-34(31)24-36)41(47)42-37(39(45)48-35-20-18-30-10-6-12-33(30)23-35)22-28-14-16-32(17-15-28)29-8-4-3-5-9-29/h3-5,8-9,14-21,23-24,27,37-38,44H,6-7,10-13,22,25-26H2,1-2H3,(H,42,47)/t37-,38?/m0/s1. The number of aryl methyl sites for hydroxylation is 4. The van der Waals surface area contributed by atoms with Gasteiger partial charge in [-0.1, -0.05) is 80.6 Å². The number of fused-ring (bicyclic) bond motifs is 2. The van der Waals surface area contributed by atoms with Crippen LogP contribution < -0.4 is 14.8 Å². The highest BCUT2D eigenvalue weighted by atomic mass is 16.6. The van der Waals surface area contributed by atoms with Gasteiger partial charge >= 0.3 is 18.0 Å². The maximum Gasteiger partial charge on any atom is 0.342 e. The van der Waals surface area contributed by atoms with Crippen LogP contribution in [0.2, 0.25) is 0 Å². The number of carbonyl (C=O) groups excluding carboxylic acids is 3. The summed E-state index contributed by atoms with van der Waals surface area (Å²) in [5, 5.41) is 13.7. The van der Waals surface area contributed by atoms with Crippen LogP contribution in [-0.4, -0.2) is 53.2 Å². The zero-order chi connectivity index (χ0) is 34.3. The van der Waals surface area contributed by atoms with Gasteiger partial charge in [-0.2, -0.15) is 0 Å². The lowest BCUT2D eigenvalue weighted by molar-refractivity contribution is -0.144. The molecular weight excluding hydrogens is 616 g/mol. The van der Waals surface area contributed by atoms with Crippen LogP contribution in [0.3, 0.4) is 0 Å². The normalized spacial score (nSPS) is 14.4. The Morgan fingerprint density at radius 3 is 1.84 bits per heavy atom. The van der Waals surface area contributed by atoms with Gasteiger partial charge in [0.1, 0.15) is 17.5 Å². The second kappa shape index (κ2) is 15.5. The highest BCUT2D eigenvalue weighted by Crippen LogP contribution is 2.28. The van der Waals surface area contributed by atoms with E-state index in [1.807, 2.05) is 92.7 Å². The molecule has 6 rings (SSSR count). The molecule has 0 saturated carbocycles. The number of rotatable bonds is 12. The Morgan fingerprint density at radius 1 is 0.694 bits per heavy atom. The van der Waals surface area contributed by atoms with E-state index in [4.69, 9.17) is 9.47 Å². The average Bonchev–Trinajstić information content (AvgIpc) is 3.77. The van der Waals surface area contributed by atoms with Crippen molar-refractivity contribution < 1.29 is 29.0 Å². The predicted molar refractivity (Wildman–Crippen MR) is 189 cm³/mol. The van der Waals surface area contributed by atoms with Crippen molar-refractivity contribution in [1.82, 2.24) is 10.2 Å². The van der Waals surface area contributed by atoms with Crippen molar-refractivity contribution in [2.75, 3.05) is 13.1 Å². The fourth-order valence-corrected chi connectivity index (χ4v) is 6.69. The quantitative estimate of drug-likeness (QED) is 0.133. The molecule has 49 heavy (non-hydrogen) atoms. The number of aliphatic hydroxyl groups is 1. The molecule has 0 fully saturated rings. The van der Waals surface area contributed by atoms with Gasteiger partial charge in [-0.15, -0.1) is 0 Å². The van der Waals surface area contributed by atoms with Gasteiger partial charge in [-0.05, 0) is 108 Å². The van der Waals surface area contributed by atoms with Crippen molar-refractivity contribution in [3.63, 3.8) is 0 Å². The Balaban J connectivity index is 1.17. The largest absolute Gasteiger partial charge is 0.425 e. The molecule has 4 aromatic rings. The summed E-state index contributed by atoms with van der Waals surface area (Å²) in [6.07, 6.45) is 4.63. The number of esters is 2. The fourth-order valence-electron chi connectivity index (χ4n) is 6.69. The number of benzene rings is 4. The van der Waals surface area contributed by atoms with Crippen LogP contribution in [0.15, 0.2) is 91.0 Å². The van der Waals surface area contributed by atoms with Gasteiger partial charge in [-0.3, -0.25) is 0 Å². The zero-order valence-corrected chi connectivity index (χ0v) is 28.2. The molecular formula is C41H44N2O6. The van der Waals surface area contributed by atoms with Gasteiger partial charge in [0.05, 0.1) is 6.54 Å². The summed E-state index contributed by atoms with van der Waals surface area (Å²) in [6.45, 7) is 3.81. The van der Waals surface area contributed by atoms with E-state index in [2.05, 4.69) is 5.32 Å². The molecule has 0 heterocycles. The van der Waals surface area contributed by atoms with E-state index in [0.29, 0.717) is 11.5 Å². The third kappa shape index (κ3) is 8.75. The molecule has 2 amide bonds. The van der Waals surface area contributed by atoms with Crippen LogP contribution in [-0.2, 0) is 41.7 Å². The highest BCUT2D eigenvalue weighted by Gasteiger charge is 2.30. The summed E-state index contributed by atoms with van der Waals surface area (Å²) in [6, 6.07) is 27.5. The highest BCUT2D eigenvalue weighted by molar-refractivity contribution is 5.86. The van der Waals surface area contributed by atoms with Gasteiger partial charge < -0.3 is 24.8 Å². The number of aliphatic hydroxyl groups excluding tert-OH is 1. The zero-order valence-electron chi connectivity index (χ0n) is 28.2.